The highest BCUT2D eigenvalue weighted by Crippen LogP contribution is 2.19. The van der Waals surface area contributed by atoms with Gasteiger partial charge in [-0.05, 0) is 30.2 Å². The summed E-state index contributed by atoms with van der Waals surface area (Å²) in [7, 11) is 0. The van der Waals surface area contributed by atoms with Gasteiger partial charge in [0.15, 0.2) is 0 Å². The molecule has 1 aromatic carbocycles. The SMILES string of the molecule is CCCCOC(=O)n1c(Cl)nc2ccccc21. The standard InChI is InChI=1S/C12H13ClN2O2/c1-2-3-8-17-12(16)15-10-7-5-4-6-9(10)14-11(15)13/h4-7H,2-3,8H2,1H3. The van der Waals surface area contributed by atoms with Crippen LogP contribution in [0.25, 0.3) is 11.0 Å². The van der Waals surface area contributed by atoms with Crippen LogP contribution in [0.4, 0.5) is 4.79 Å². The van der Waals surface area contributed by atoms with Gasteiger partial charge in [0.1, 0.15) is 0 Å². The van der Waals surface area contributed by atoms with Crippen LogP contribution in [0.3, 0.4) is 0 Å². The van der Waals surface area contributed by atoms with Crippen LogP contribution in [-0.4, -0.2) is 22.3 Å². The van der Waals surface area contributed by atoms with E-state index < -0.39 is 6.09 Å². The number of fused-ring (bicyclic) bond motifs is 1. The first-order valence-corrected chi connectivity index (χ1v) is 5.92. The number of carbonyl (C=O) groups excluding carboxylic acids is 1. The van der Waals surface area contributed by atoms with Crippen molar-refractivity contribution in [2.75, 3.05) is 6.61 Å². The number of ether oxygens (including phenoxy) is 1. The molecule has 0 spiro atoms. The molecule has 0 radical (unpaired) electrons. The van der Waals surface area contributed by atoms with Gasteiger partial charge in [-0.2, -0.15) is 0 Å². The largest absolute Gasteiger partial charge is 0.449 e. The number of carbonyl (C=O) groups is 1. The number of benzene rings is 1. The maximum absolute atomic E-state index is 11.8. The molecule has 2 rings (SSSR count). The molecule has 0 aliphatic carbocycles. The lowest BCUT2D eigenvalue weighted by Gasteiger charge is -2.05. The Morgan fingerprint density at radius 1 is 1.47 bits per heavy atom. The van der Waals surface area contributed by atoms with Gasteiger partial charge in [-0.3, -0.25) is 0 Å². The summed E-state index contributed by atoms with van der Waals surface area (Å²) < 4.78 is 6.40. The lowest BCUT2D eigenvalue weighted by atomic mass is 10.3. The summed E-state index contributed by atoms with van der Waals surface area (Å²) in [5.74, 6) is 0. The lowest BCUT2D eigenvalue weighted by molar-refractivity contribution is 0.147. The predicted molar refractivity (Wildman–Crippen MR) is 66.4 cm³/mol. The quantitative estimate of drug-likeness (QED) is 0.786. The van der Waals surface area contributed by atoms with Gasteiger partial charge in [0.05, 0.1) is 17.6 Å². The van der Waals surface area contributed by atoms with Crippen molar-refractivity contribution in [1.29, 1.82) is 0 Å². The minimum atomic E-state index is -0.475. The highest BCUT2D eigenvalue weighted by molar-refractivity contribution is 6.30. The number of unbranched alkanes of at least 4 members (excludes halogenated alkanes) is 1. The van der Waals surface area contributed by atoms with Gasteiger partial charge in [0.2, 0.25) is 5.28 Å². The molecule has 0 saturated heterocycles. The van der Waals surface area contributed by atoms with E-state index in [0.29, 0.717) is 17.6 Å². The molecule has 0 bridgehead atoms. The molecule has 0 amide bonds. The Labute approximate surface area is 104 Å². The Morgan fingerprint density at radius 3 is 3.00 bits per heavy atom. The van der Waals surface area contributed by atoms with Crippen LogP contribution in [0, 0.1) is 0 Å². The van der Waals surface area contributed by atoms with E-state index in [4.69, 9.17) is 16.3 Å². The maximum atomic E-state index is 11.8. The van der Waals surface area contributed by atoms with E-state index in [9.17, 15) is 4.79 Å². The van der Waals surface area contributed by atoms with Gasteiger partial charge < -0.3 is 4.74 Å². The second-order valence-corrected chi connectivity index (χ2v) is 4.01. The maximum Gasteiger partial charge on any atom is 0.420 e. The van der Waals surface area contributed by atoms with Gasteiger partial charge in [-0.15, -0.1) is 0 Å². The number of nitrogens with zero attached hydrogens (tertiary/aromatic N) is 2. The molecular formula is C12H13ClN2O2. The first kappa shape index (κ1) is 11.9. The molecule has 0 aliphatic heterocycles. The summed E-state index contributed by atoms with van der Waals surface area (Å²) in [6.45, 7) is 2.44. The topological polar surface area (TPSA) is 44.1 Å². The van der Waals surface area contributed by atoms with E-state index in [1.54, 1.807) is 12.1 Å². The molecule has 0 N–H and O–H groups in total. The van der Waals surface area contributed by atoms with E-state index in [1.165, 1.54) is 4.57 Å². The van der Waals surface area contributed by atoms with E-state index in [-0.39, 0.29) is 5.28 Å². The minimum absolute atomic E-state index is 0.132. The fraction of sp³-hybridized carbons (Fsp3) is 0.333. The van der Waals surface area contributed by atoms with Gasteiger partial charge >= 0.3 is 6.09 Å². The molecule has 17 heavy (non-hydrogen) atoms. The molecule has 0 fully saturated rings. The third kappa shape index (κ3) is 2.42. The molecule has 0 unspecified atom stereocenters. The first-order valence-electron chi connectivity index (χ1n) is 5.54. The molecule has 1 aromatic heterocycles. The summed E-state index contributed by atoms with van der Waals surface area (Å²) in [5.41, 5.74) is 1.35. The van der Waals surface area contributed by atoms with Gasteiger partial charge in [0, 0.05) is 0 Å². The second kappa shape index (κ2) is 5.19. The molecule has 5 heteroatoms. The molecular weight excluding hydrogens is 240 g/mol. The average Bonchev–Trinajstić information content (AvgIpc) is 2.65. The normalized spacial score (nSPS) is 10.7. The van der Waals surface area contributed by atoms with Crippen molar-refractivity contribution in [2.24, 2.45) is 0 Å². The average molecular weight is 253 g/mol. The van der Waals surface area contributed by atoms with E-state index in [2.05, 4.69) is 4.98 Å². The first-order chi connectivity index (χ1) is 8.24. The number of hydrogen-bond donors (Lipinski definition) is 0. The van der Waals surface area contributed by atoms with Gasteiger partial charge in [-0.25, -0.2) is 14.3 Å². The molecule has 0 atom stereocenters. The summed E-state index contributed by atoms with van der Waals surface area (Å²) in [6, 6.07) is 7.26. The van der Waals surface area contributed by atoms with Crippen LogP contribution in [0.5, 0.6) is 0 Å². The van der Waals surface area contributed by atoms with Crippen LogP contribution < -0.4 is 0 Å². The third-order valence-electron chi connectivity index (χ3n) is 2.43. The number of rotatable bonds is 3. The Balaban J connectivity index is 2.28. The summed E-state index contributed by atoms with van der Waals surface area (Å²) in [5, 5.41) is 0.132. The highest BCUT2D eigenvalue weighted by atomic mass is 35.5. The lowest BCUT2D eigenvalue weighted by Crippen LogP contribution is -2.14. The number of hydrogen-bond acceptors (Lipinski definition) is 3. The molecule has 4 nitrogen and oxygen atoms in total. The molecule has 90 valence electrons. The zero-order valence-electron chi connectivity index (χ0n) is 9.52. The Morgan fingerprint density at radius 2 is 2.24 bits per heavy atom. The minimum Gasteiger partial charge on any atom is -0.449 e. The van der Waals surface area contributed by atoms with Crippen molar-refractivity contribution in [3.63, 3.8) is 0 Å². The molecule has 0 aliphatic rings. The van der Waals surface area contributed by atoms with Crippen LogP contribution in [-0.2, 0) is 4.74 Å². The van der Waals surface area contributed by atoms with Crippen molar-refractivity contribution in [3.05, 3.63) is 29.5 Å². The highest BCUT2D eigenvalue weighted by Gasteiger charge is 2.15. The fourth-order valence-electron chi connectivity index (χ4n) is 1.54. The van der Waals surface area contributed by atoms with Gasteiger partial charge in [0.25, 0.3) is 0 Å². The van der Waals surface area contributed by atoms with Crippen molar-refractivity contribution >= 4 is 28.7 Å². The Bertz CT molecular complexity index is 536. The number of aromatic nitrogens is 2. The summed E-state index contributed by atoms with van der Waals surface area (Å²) in [6.07, 6.45) is 1.35. The number of para-hydroxylation sites is 2. The summed E-state index contributed by atoms with van der Waals surface area (Å²) >= 11 is 5.93. The van der Waals surface area contributed by atoms with Crippen LogP contribution in [0.1, 0.15) is 19.8 Å². The molecule has 2 aromatic rings. The Kier molecular flexibility index (Phi) is 3.64. The van der Waals surface area contributed by atoms with Crippen molar-refractivity contribution in [1.82, 2.24) is 9.55 Å². The molecule has 0 saturated carbocycles. The van der Waals surface area contributed by atoms with E-state index in [1.807, 2.05) is 19.1 Å². The predicted octanol–water partition coefficient (Wildman–Crippen LogP) is 3.47. The smallest absolute Gasteiger partial charge is 0.420 e. The van der Waals surface area contributed by atoms with E-state index >= 15 is 0 Å². The van der Waals surface area contributed by atoms with Crippen LogP contribution >= 0.6 is 11.6 Å². The van der Waals surface area contributed by atoms with Gasteiger partial charge in [-0.1, -0.05) is 25.5 Å². The zero-order valence-corrected chi connectivity index (χ0v) is 10.3. The van der Waals surface area contributed by atoms with Crippen LogP contribution in [0.15, 0.2) is 24.3 Å². The van der Waals surface area contributed by atoms with Crippen molar-refractivity contribution in [2.45, 2.75) is 19.8 Å². The van der Waals surface area contributed by atoms with Crippen molar-refractivity contribution in [3.8, 4) is 0 Å². The molecule has 1 heterocycles. The van der Waals surface area contributed by atoms with Crippen LogP contribution in [0.2, 0.25) is 5.28 Å². The Hall–Kier alpha value is -1.55. The number of halogens is 1. The van der Waals surface area contributed by atoms with E-state index in [0.717, 1.165) is 12.8 Å². The van der Waals surface area contributed by atoms with Crippen molar-refractivity contribution < 1.29 is 9.53 Å². The number of imidazole rings is 1. The third-order valence-corrected chi connectivity index (χ3v) is 2.68. The second-order valence-electron chi connectivity index (χ2n) is 3.67. The fourth-order valence-corrected chi connectivity index (χ4v) is 1.79. The monoisotopic (exact) mass is 252 g/mol. The summed E-state index contributed by atoms with van der Waals surface area (Å²) in [4.78, 5) is 15.9. The zero-order chi connectivity index (χ0) is 12.3.